The molecule has 0 aliphatic heterocycles. The summed E-state index contributed by atoms with van der Waals surface area (Å²) >= 11 is 6.40. The zero-order chi connectivity index (χ0) is 25.0. The first kappa shape index (κ1) is 25.7. The molecule has 9 nitrogen and oxygen atoms in total. The molecular weight excluding hydrogens is 470 g/mol. The molecule has 192 valence electrons. The Morgan fingerprint density at radius 3 is 2.54 bits per heavy atom. The van der Waals surface area contributed by atoms with E-state index in [1.54, 1.807) is 30.8 Å². The van der Waals surface area contributed by atoms with Crippen molar-refractivity contribution in [3.63, 3.8) is 0 Å². The lowest BCUT2D eigenvalue weighted by Crippen LogP contribution is -2.36. The molecule has 1 atom stereocenters. The molecule has 2 aliphatic rings. The minimum atomic E-state index is -0.937. The number of anilines is 1. The van der Waals surface area contributed by atoms with Crippen molar-refractivity contribution < 1.29 is 14.6 Å². The highest BCUT2D eigenvalue weighted by atomic mass is 35.5. The molecule has 2 fully saturated rings. The number of rotatable bonds is 10. The monoisotopic (exact) mass is 505 g/mol. The normalized spacial score (nSPS) is 18.2. The molecule has 0 aromatic carbocycles. The van der Waals surface area contributed by atoms with E-state index in [-0.39, 0.29) is 23.2 Å². The van der Waals surface area contributed by atoms with Crippen LogP contribution in [0.4, 0.5) is 5.82 Å². The second-order valence-corrected chi connectivity index (χ2v) is 11.0. The quantitative estimate of drug-likeness (QED) is 0.500. The summed E-state index contributed by atoms with van der Waals surface area (Å²) in [4.78, 5) is 26.5. The molecule has 10 heteroatoms. The molecule has 1 unspecified atom stereocenters. The van der Waals surface area contributed by atoms with E-state index in [1.165, 1.54) is 23.7 Å². The lowest BCUT2D eigenvalue weighted by Gasteiger charge is -2.22. The van der Waals surface area contributed by atoms with Gasteiger partial charge in [0.1, 0.15) is 6.04 Å². The zero-order valence-electron chi connectivity index (χ0n) is 20.6. The van der Waals surface area contributed by atoms with Crippen molar-refractivity contribution in [2.45, 2.75) is 89.8 Å². The van der Waals surface area contributed by atoms with Crippen LogP contribution in [0.2, 0.25) is 5.02 Å². The van der Waals surface area contributed by atoms with E-state index in [2.05, 4.69) is 15.5 Å². The summed E-state index contributed by atoms with van der Waals surface area (Å²) in [5.74, 6) is 1.07. The molecule has 0 radical (unpaired) electrons. The van der Waals surface area contributed by atoms with Crippen LogP contribution in [0, 0.1) is 11.8 Å². The number of nitrogens with one attached hydrogen (secondary N) is 1. The van der Waals surface area contributed by atoms with Crippen molar-refractivity contribution in [3.05, 3.63) is 33.8 Å². The Hall–Kier alpha value is -2.39. The zero-order valence-corrected chi connectivity index (χ0v) is 21.3. The van der Waals surface area contributed by atoms with Crippen molar-refractivity contribution in [3.8, 4) is 5.75 Å². The van der Waals surface area contributed by atoms with Gasteiger partial charge in [-0.25, -0.2) is 4.68 Å². The summed E-state index contributed by atoms with van der Waals surface area (Å²) in [6.45, 7) is 4.18. The Kier molecular flexibility index (Phi) is 8.16. The average Bonchev–Trinajstić information content (AvgIpc) is 3.56. The fourth-order valence-corrected chi connectivity index (χ4v) is 5.33. The van der Waals surface area contributed by atoms with Crippen LogP contribution in [-0.4, -0.2) is 42.8 Å². The van der Waals surface area contributed by atoms with Crippen molar-refractivity contribution in [1.82, 2.24) is 19.6 Å². The first-order chi connectivity index (χ1) is 16.7. The highest BCUT2D eigenvalue weighted by Gasteiger charge is 2.30. The van der Waals surface area contributed by atoms with E-state index in [1.807, 2.05) is 0 Å². The molecule has 35 heavy (non-hydrogen) atoms. The third-order valence-corrected chi connectivity index (χ3v) is 7.28. The highest BCUT2D eigenvalue weighted by molar-refractivity contribution is 6.31. The Balaban J connectivity index is 1.52. The van der Waals surface area contributed by atoms with Crippen LogP contribution in [-0.2, 0) is 11.3 Å². The van der Waals surface area contributed by atoms with E-state index in [0.29, 0.717) is 30.7 Å². The summed E-state index contributed by atoms with van der Waals surface area (Å²) in [6.07, 6.45) is 12.6. The number of hydrogen-bond acceptors (Lipinski definition) is 6. The maximum Gasteiger partial charge on any atom is 0.290 e. The van der Waals surface area contributed by atoms with Gasteiger partial charge >= 0.3 is 0 Å². The van der Waals surface area contributed by atoms with Gasteiger partial charge in [0.05, 0.1) is 24.9 Å². The minimum absolute atomic E-state index is 0.0447. The van der Waals surface area contributed by atoms with Crippen molar-refractivity contribution in [2.24, 2.45) is 11.8 Å². The van der Waals surface area contributed by atoms with Crippen molar-refractivity contribution in [1.29, 1.82) is 0 Å². The fraction of sp³-hybridized carbons (Fsp3) is 0.680. The van der Waals surface area contributed by atoms with Gasteiger partial charge in [0, 0.05) is 12.3 Å². The lowest BCUT2D eigenvalue weighted by molar-refractivity contribution is -0.120. The van der Waals surface area contributed by atoms with Crippen LogP contribution >= 0.6 is 11.6 Å². The first-order valence-electron chi connectivity index (χ1n) is 12.7. The van der Waals surface area contributed by atoms with Gasteiger partial charge in [0.25, 0.3) is 11.5 Å². The lowest BCUT2D eigenvalue weighted by atomic mass is 9.98. The number of carbonyl (C=O) groups is 1. The van der Waals surface area contributed by atoms with Gasteiger partial charge in [0.15, 0.2) is 16.6 Å². The molecule has 2 saturated carbocycles. The number of halogens is 1. The van der Waals surface area contributed by atoms with Crippen LogP contribution < -0.4 is 15.6 Å². The first-order valence-corrected chi connectivity index (χ1v) is 13.0. The maximum atomic E-state index is 13.4. The third-order valence-electron chi connectivity index (χ3n) is 6.93. The molecule has 2 N–H and O–H groups in total. The molecule has 2 heterocycles. The molecule has 4 rings (SSSR count). The number of nitrogens with zero attached hydrogens (tertiary/aromatic N) is 4. The molecule has 1 amide bonds. The van der Waals surface area contributed by atoms with Gasteiger partial charge < -0.3 is 15.2 Å². The summed E-state index contributed by atoms with van der Waals surface area (Å²) < 4.78 is 8.58. The van der Waals surface area contributed by atoms with Gasteiger partial charge in [-0.15, -0.1) is 0 Å². The van der Waals surface area contributed by atoms with Gasteiger partial charge in [-0.1, -0.05) is 50.1 Å². The van der Waals surface area contributed by atoms with Gasteiger partial charge in [-0.2, -0.15) is 10.2 Å². The fourth-order valence-electron chi connectivity index (χ4n) is 5.14. The number of hydrogen-bond donors (Lipinski definition) is 2. The van der Waals surface area contributed by atoms with Crippen LogP contribution in [0.3, 0.4) is 0 Å². The maximum absolute atomic E-state index is 13.4. The molecule has 2 aromatic heterocycles. The number of aromatic nitrogens is 4. The predicted molar refractivity (Wildman–Crippen MR) is 134 cm³/mol. The minimum Gasteiger partial charge on any atom is -0.490 e. The standard InChI is InChI=1S/C25H36ClN5O4/c1-25(2,34)16-30-12-11-21(29-30)28-23(32)19(13-17-7-3-4-8-17)31-24(33)22(26)20(14-27-31)35-15-18-9-5-6-10-18/h11-12,14,17-19,34H,3-10,13,15-16H2,1-2H3,(H,28,29,32). The Morgan fingerprint density at radius 2 is 1.89 bits per heavy atom. The van der Waals surface area contributed by atoms with Crippen LogP contribution in [0.1, 0.15) is 77.7 Å². The molecule has 0 saturated heterocycles. The second-order valence-electron chi connectivity index (χ2n) is 10.6. The van der Waals surface area contributed by atoms with E-state index in [4.69, 9.17) is 16.3 Å². The van der Waals surface area contributed by atoms with Crippen LogP contribution in [0.5, 0.6) is 5.75 Å². The van der Waals surface area contributed by atoms with Crippen LogP contribution in [0.15, 0.2) is 23.3 Å². The Labute approximate surface area is 210 Å². The molecule has 0 bridgehead atoms. The van der Waals surface area contributed by atoms with E-state index in [9.17, 15) is 14.7 Å². The Morgan fingerprint density at radius 1 is 1.23 bits per heavy atom. The van der Waals surface area contributed by atoms with Crippen molar-refractivity contribution in [2.75, 3.05) is 11.9 Å². The van der Waals surface area contributed by atoms with E-state index >= 15 is 0 Å². The summed E-state index contributed by atoms with van der Waals surface area (Å²) in [6, 6.07) is 0.853. The van der Waals surface area contributed by atoms with Gasteiger partial charge in [-0.05, 0) is 44.9 Å². The summed E-state index contributed by atoms with van der Waals surface area (Å²) in [5, 5.41) is 21.4. The number of amides is 1. The smallest absolute Gasteiger partial charge is 0.290 e. The largest absolute Gasteiger partial charge is 0.490 e. The summed E-state index contributed by atoms with van der Waals surface area (Å²) in [5.41, 5.74) is -1.46. The van der Waals surface area contributed by atoms with Crippen LogP contribution in [0.25, 0.3) is 0 Å². The van der Waals surface area contributed by atoms with E-state index < -0.39 is 17.2 Å². The number of ether oxygens (including phenoxy) is 1. The molecule has 2 aromatic rings. The number of aliphatic hydroxyl groups is 1. The van der Waals surface area contributed by atoms with Gasteiger partial charge in [-0.3, -0.25) is 14.3 Å². The second kappa shape index (κ2) is 11.1. The summed E-state index contributed by atoms with van der Waals surface area (Å²) in [7, 11) is 0. The highest BCUT2D eigenvalue weighted by Crippen LogP contribution is 2.33. The average molecular weight is 506 g/mol. The van der Waals surface area contributed by atoms with E-state index in [0.717, 1.165) is 38.5 Å². The number of carbonyl (C=O) groups excluding carboxylic acids is 1. The predicted octanol–water partition coefficient (Wildman–Crippen LogP) is 4.19. The van der Waals surface area contributed by atoms with Gasteiger partial charge in [0.2, 0.25) is 0 Å². The molecule has 0 spiro atoms. The van der Waals surface area contributed by atoms with Crippen molar-refractivity contribution >= 4 is 23.3 Å². The topological polar surface area (TPSA) is 111 Å². The SMILES string of the molecule is CC(C)(O)Cn1ccc(NC(=O)C(CC2CCCC2)n2ncc(OCC3CCCC3)c(Cl)c2=O)n1. The third kappa shape index (κ3) is 6.85. The molecule has 2 aliphatic carbocycles. The molecular formula is C25H36ClN5O4. The Bertz CT molecular complexity index is 1060.